The number of para-hydroxylation sites is 1. The Morgan fingerprint density at radius 1 is 1.22 bits per heavy atom. The highest BCUT2D eigenvalue weighted by Crippen LogP contribution is 2.32. The van der Waals surface area contributed by atoms with Crippen molar-refractivity contribution >= 4 is 5.97 Å². The molecular weight excluding hydrogens is 340 g/mol. The predicted molar refractivity (Wildman–Crippen MR) is 102 cm³/mol. The molecule has 6 heteroatoms. The number of pyridine rings is 1. The number of carboxylic acid groups (broad SMARTS) is 1. The molecule has 0 radical (unpaired) electrons. The fourth-order valence-electron chi connectivity index (χ4n) is 3.69. The van der Waals surface area contributed by atoms with Crippen molar-refractivity contribution in [3.05, 3.63) is 77.4 Å². The van der Waals surface area contributed by atoms with E-state index in [9.17, 15) is 9.90 Å². The molecule has 0 aliphatic carbocycles. The molecule has 1 atom stereocenters. The van der Waals surface area contributed by atoms with E-state index >= 15 is 0 Å². The van der Waals surface area contributed by atoms with Crippen molar-refractivity contribution in [3.8, 4) is 5.69 Å². The SMILES string of the molecule is Cc1ccc(C2CCCN2Cc2cnn(-c3ccccc3C(=O)O)c2)nc1. The van der Waals surface area contributed by atoms with Gasteiger partial charge in [0.15, 0.2) is 0 Å². The van der Waals surface area contributed by atoms with Crippen molar-refractivity contribution in [2.24, 2.45) is 0 Å². The Labute approximate surface area is 158 Å². The van der Waals surface area contributed by atoms with Crippen molar-refractivity contribution < 1.29 is 9.90 Å². The number of hydrogen-bond donors (Lipinski definition) is 1. The Morgan fingerprint density at radius 3 is 2.85 bits per heavy atom. The summed E-state index contributed by atoms with van der Waals surface area (Å²) in [7, 11) is 0. The van der Waals surface area contributed by atoms with Crippen LogP contribution in [0.3, 0.4) is 0 Å². The van der Waals surface area contributed by atoms with Crippen LogP contribution in [0.15, 0.2) is 55.0 Å². The van der Waals surface area contributed by atoms with Gasteiger partial charge in [-0.05, 0) is 50.1 Å². The zero-order chi connectivity index (χ0) is 18.8. The number of rotatable bonds is 5. The van der Waals surface area contributed by atoms with E-state index in [1.807, 2.05) is 31.6 Å². The lowest BCUT2D eigenvalue weighted by molar-refractivity contribution is 0.0696. The van der Waals surface area contributed by atoms with Crippen LogP contribution in [0.1, 0.15) is 46.1 Å². The van der Waals surface area contributed by atoms with Crippen LogP contribution in [-0.4, -0.2) is 37.3 Å². The summed E-state index contributed by atoms with van der Waals surface area (Å²) in [5, 5.41) is 13.8. The van der Waals surface area contributed by atoms with Crippen LogP contribution in [0.5, 0.6) is 0 Å². The lowest BCUT2D eigenvalue weighted by Gasteiger charge is -2.23. The van der Waals surface area contributed by atoms with Gasteiger partial charge in [-0.15, -0.1) is 0 Å². The molecule has 27 heavy (non-hydrogen) atoms. The second kappa shape index (κ2) is 7.32. The maximum Gasteiger partial charge on any atom is 0.337 e. The molecule has 1 aliphatic rings. The predicted octanol–water partition coefficient (Wildman–Crippen LogP) is 3.61. The van der Waals surface area contributed by atoms with E-state index in [0.29, 0.717) is 11.7 Å². The minimum atomic E-state index is -0.951. The van der Waals surface area contributed by atoms with Crippen LogP contribution >= 0.6 is 0 Å². The first-order valence-corrected chi connectivity index (χ1v) is 9.14. The van der Waals surface area contributed by atoms with Crippen LogP contribution in [0.2, 0.25) is 0 Å². The highest BCUT2D eigenvalue weighted by atomic mass is 16.4. The molecule has 1 saturated heterocycles. The molecule has 138 valence electrons. The van der Waals surface area contributed by atoms with Gasteiger partial charge in [0, 0.05) is 24.5 Å². The molecule has 4 rings (SSSR count). The molecule has 3 heterocycles. The Balaban J connectivity index is 1.54. The maximum atomic E-state index is 11.4. The van der Waals surface area contributed by atoms with Gasteiger partial charge in [0.2, 0.25) is 0 Å². The number of likely N-dealkylation sites (tertiary alicyclic amines) is 1. The normalized spacial score (nSPS) is 17.3. The summed E-state index contributed by atoms with van der Waals surface area (Å²) in [6.45, 7) is 3.85. The van der Waals surface area contributed by atoms with Crippen molar-refractivity contribution in [2.45, 2.75) is 32.4 Å². The number of benzene rings is 1. The number of aryl methyl sites for hydroxylation is 1. The second-order valence-electron chi connectivity index (χ2n) is 7.00. The quantitative estimate of drug-likeness (QED) is 0.751. The lowest BCUT2D eigenvalue weighted by atomic mass is 10.1. The summed E-state index contributed by atoms with van der Waals surface area (Å²) < 4.78 is 1.65. The van der Waals surface area contributed by atoms with Crippen molar-refractivity contribution in [1.82, 2.24) is 19.7 Å². The Morgan fingerprint density at radius 2 is 2.07 bits per heavy atom. The van der Waals surface area contributed by atoms with Gasteiger partial charge in [0.25, 0.3) is 0 Å². The van der Waals surface area contributed by atoms with E-state index in [1.54, 1.807) is 22.9 Å². The molecule has 0 amide bonds. The number of carbonyl (C=O) groups is 1. The van der Waals surface area contributed by atoms with E-state index in [4.69, 9.17) is 0 Å². The summed E-state index contributed by atoms with van der Waals surface area (Å²) in [5.74, 6) is -0.951. The summed E-state index contributed by atoms with van der Waals surface area (Å²) in [6, 6.07) is 11.5. The van der Waals surface area contributed by atoms with E-state index in [2.05, 4.69) is 27.1 Å². The van der Waals surface area contributed by atoms with Crippen molar-refractivity contribution in [1.29, 1.82) is 0 Å². The number of nitrogens with zero attached hydrogens (tertiary/aromatic N) is 4. The van der Waals surface area contributed by atoms with Gasteiger partial charge >= 0.3 is 5.97 Å². The molecular formula is C21H22N4O2. The number of hydrogen-bond acceptors (Lipinski definition) is 4. The zero-order valence-corrected chi connectivity index (χ0v) is 15.2. The highest BCUT2D eigenvalue weighted by Gasteiger charge is 2.27. The number of carboxylic acids is 1. The molecule has 0 saturated carbocycles. The molecule has 3 aromatic rings. The average molecular weight is 362 g/mol. The maximum absolute atomic E-state index is 11.4. The smallest absolute Gasteiger partial charge is 0.337 e. The molecule has 0 spiro atoms. The van der Waals surface area contributed by atoms with Crippen molar-refractivity contribution in [2.75, 3.05) is 6.54 Å². The second-order valence-corrected chi connectivity index (χ2v) is 7.00. The van der Waals surface area contributed by atoms with E-state index in [1.165, 1.54) is 5.56 Å². The largest absolute Gasteiger partial charge is 0.478 e. The molecule has 0 bridgehead atoms. The minimum Gasteiger partial charge on any atom is -0.478 e. The monoisotopic (exact) mass is 362 g/mol. The average Bonchev–Trinajstić information content (AvgIpc) is 3.32. The fraction of sp³-hybridized carbons (Fsp3) is 0.286. The first-order valence-electron chi connectivity index (χ1n) is 9.14. The number of aromatic nitrogens is 3. The van der Waals surface area contributed by atoms with Crippen molar-refractivity contribution in [3.63, 3.8) is 0 Å². The Kier molecular flexibility index (Phi) is 4.73. The molecule has 1 unspecified atom stereocenters. The van der Waals surface area contributed by atoms with Crippen LogP contribution in [0.4, 0.5) is 0 Å². The molecule has 1 aromatic carbocycles. The van der Waals surface area contributed by atoms with Gasteiger partial charge in [-0.3, -0.25) is 9.88 Å². The molecule has 6 nitrogen and oxygen atoms in total. The number of aromatic carboxylic acids is 1. The topological polar surface area (TPSA) is 71.2 Å². The third kappa shape index (κ3) is 3.61. The third-order valence-electron chi connectivity index (χ3n) is 5.04. The molecule has 1 aliphatic heterocycles. The molecule has 1 fully saturated rings. The van der Waals surface area contributed by atoms with Gasteiger partial charge in [-0.25, -0.2) is 9.48 Å². The van der Waals surface area contributed by atoms with Crippen LogP contribution in [0.25, 0.3) is 5.69 Å². The summed E-state index contributed by atoms with van der Waals surface area (Å²) >= 11 is 0. The lowest BCUT2D eigenvalue weighted by Crippen LogP contribution is -2.23. The van der Waals surface area contributed by atoms with E-state index in [-0.39, 0.29) is 5.56 Å². The molecule has 2 aromatic heterocycles. The standard InChI is InChI=1S/C21H22N4O2/c1-15-8-9-18(22-11-15)20-7-4-10-24(20)13-16-12-23-25(14-16)19-6-3-2-5-17(19)21(26)27/h2-3,5-6,8-9,11-12,14,20H,4,7,10,13H2,1H3,(H,26,27). The zero-order valence-electron chi connectivity index (χ0n) is 15.2. The van der Waals surface area contributed by atoms with Crippen LogP contribution in [-0.2, 0) is 6.54 Å². The highest BCUT2D eigenvalue weighted by molar-refractivity contribution is 5.91. The van der Waals surface area contributed by atoms with Gasteiger partial charge in [0.05, 0.1) is 29.2 Å². The van der Waals surface area contributed by atoms with Gasteiger partial charge in [-0.1, -0.05) is 18.2 Å². The van der Waals surface area contributed by atoms with Crippen LogP contribution < -0.4 is 0 Å². The summed E-state index contributed by atoms with van der Waals surface area (Å²) in [5.41, 5.74) is 4.17. The van der Waals surface area contributed by atoms with Gasteiger partial charge < -0.3 is 5.11 Å². The summed E-state index contributed by atoms with van der Waals surface area (Å²) in [4.78, 5) is 18.5. The Hall–Kier alpha value is -2.99. The Bertz CT molecular complexity index is 949. The minimum absolute atomic E-state index is 0.245. The molecule has 1 N–H and O–H groups in total. The first-order chi connectivity index (χ1) is 13.1. The summed E-state index contributed by atoms with van der Waals surface area (Å²) in [6.07, 6.45) is 7.91. The van der Waals surface area contributed by atoms with Gasteiger partial charge in [-0.2, -0.15) is 5.10 Å². The first kappa shape index (κ1) is 17.4. The van der Waals surface area contributed by atoms with E-state index < -0.39 is 5.97 Å². The fourth-order valence-corrected chi connectivity index (χ4v) is 3.69. The third-order valence-corrected chi connectivity index (χ3v) is 5.04. The van der Waals surface area contributed by atoms with Gasteiger partial charge in [0.1, 0.15) is 0 Å². The van der Waals surface area contributed by atoms with E-state index in [0.717, 1.165) is 37.2 Å². The van der Waals surface area contributed by atoms with Crippen LogP contribution in [0, 0.1) is 6.92 Å².